The van der Waals surface area contributed by atoms with Crippen molar-refractivity contribution in [3.05, 3.63) is 82.0 Å². The molecule has 0 bridgehead atoms. The Kier molecular flexibility index (Phi) is 7.03. The number of aromatic nitrogens is 3. The Morgan fingerprint density at radius 2 is 1.66 bits per heavy atom. The molecule has 1 fully saturated rings. The molecular formula is C29H31ClFN5O2. The van der Waals surface area contributed by atoms with Gasteiger partial charge in [0.25, 0.3) is 0 Å². The average molecular weight is 536 g/mol. The van der Waals surface area contributed by atoms with Crippen LogP contribution in [0.2, 0.25) is 5.02 Å². The van der Waals surface area contributed by atoms with Crippen LogP contribution in [0.25, 0.3) is 27.9 Å². The van der Waals surface area contributed by atoms with Gasteiger partial charge < -0.3 is 14.6 Å². The summed E-state index contributed by atoms with van der Waals surface area (Å²) in [5.41, 5.74) is 3.97. The number of nitrogens with zero attached hydrogens (tertiary/aromatic N) is 5. The number of piperazine rings is 1. The summed E-state index contributed by atoms with van der Waals surface area (Å²) in [6.07, 6.45) is 4.94. The molecule has 4 aromatic rings. The lowest BCUT2D eigenvalue weighted by Crippen LogP contribution is -2.49. The van der Waals surface area contributed by atoms with Crippen LogP contribution in [0, 0.1) is 12.7 Å². The van der Waals surface area contributed by atoms with Gasteiger partial charge in [0, 0.05) is 74.5 Å². The molecule has 2 aromatic carbocycles. The van der Waals surface area contributed by atoms with E-state index in [1.807, 2.05) is 13.0 Å². The number of hydrogen-bond donors (Lipinski definition) is 1. The maximum absolute atomic E-state index is 14.9. The van der Waals surface area contributed by atoms with Gasteiger partial charge in [-0.05, 0) is 56.7 Å². The highest BCUT2D eigenvalue weighted by molar-refractivity contribution is 6.32. The van der Waals surface area contributed by atoms with Crippen molar-refractivity contribution in [3.63, 3.8) is 0 Å². The maximum Gasteiger partial charge on any atom is 0.332 e. The first-order valence-electron chi connectivity index (χ1n) is 12.7. The van der Waals surface area contributed by atoms with Crippen LogP contribution in [0.15, 0.2) is 59.8 Å². The zero-order valence-electron chi connectivity index (χ0n) is 21.9. The first kappa shape index (κ1) is 26.0. The Hall–Kier alpha value is -3.62. The van der Waals surface area contributed by atoms with Crippen molar-refractivity contribution in [1.82, 2.24) is 19.0 Å². The van der Waals surface area contributed by atoms with E-state index in [4.69, 9.17) is 11.6 Å². The van der Waals surface area contributed by atoms with Crippen molar-refractivity contribution < 1.29 is 9.50 Å². The number of hydrogen-bond acceptors (Lipinski definition) is 5. The van der Waals surface area contributed by atoms with Crippen LogP contribution < -0.4 is 10.6 Å². The van der Waals surface area contributed by atoms with E-state index in [0.29, 0.717) is 39.0 Å². The van der Waals surface area contributed by atoms with Crippen molar-refractivity contribution in [2.45, 2.75) is 26.8 Å². The summed E-state index contributed by atoms with van der Waals surface area (Å²) in [5, 5.41) is 11.6. The number of aryl methyl sites for hydroxylation is 2. The molecule has 1 saturated heterocycles. The Bertz CT molecular complexity index is 1550. The summed E-state index contributed by atoms with van der Waals surface area (Å²) in [5.74, 6) is -0.548. The lowest BCUT2D eigenvalue weighted by Gasteiger charge is -2.38. The highest BCUT2D eigenvalue weighted by Crippen LogP contribution is 2.41. The molecule has 0 amide bonds. The van der Waals surface area contributed by atoms with Gasteiger partial charge in [-0.3, -0.25) is 14.5 Å². The predicted octanol–water partition coefficient (Wildman–Crippen LogP) is 5.24. The molecule has 0 radical (unpaired) electrons. The second kappa shape index (κ2) is 10.3. The van der Waals surface area contributed by atoms with E-state index in [1.165, 1.54) is 21.3 Å². The van der Waals surface area contributed by atoms with Crippen LogP contribution in [0.1, 0.15) is 19.5 Å². The van der Waals surface area contributed by atoms with E-state index in [1.54, 1.807) is 43.8 Å². The van der Waals surface area contributed by atoms with Crippen LogP contribution in [0.4, 0.5) is 10.1 Å². The summed E-state index contributed by atoms with van der Waals surface area (Å²) in [7, 11) is 1.66. The van der Waals surface area contributed by atoms with Crippen LogP contribution >= 0.6 is 11.6 Å². The van der Waals surface area contributed by atoms with E-state index in [2.05, 4.69) is 28.6 Å². The second-order valence-corrected chi connectivity index (χ2v) is 10.4. The number of phenolic OH excluding ortho intramolecular Hbond substituents is 1. The van der Waals surface area contributed by atoms with Gasteiger partial charge in [0.15, 0.2) is 0 Å². The van der Waals surface area contributed by atoms with E-state index in [0.717, 1.165) is 37.6 Å². The fourth-order valence-corrected chi connectivity index (χ4v) is 5.30. The third-order valence-corrected chi connectivity index (χ3v) is 7.60. The Morgan fingerprint density at radius 3 is 2.26 bits per heavy atom. The Balaban J connectivity index is 1.51. The van der Waals surface area contributed by atoms with E-state index >= 15 is 0 Å². The minimum atomic E-state index is -0.486. The molecular weight excluding hydrogens is 505 g/mol. The number of anilines is 1. The van der Waals surface area contributed by atoms with Gasteiger partial charge in [-0.1, -0.05) is 17.7 Å². The number of aromatic hydroxyl groups is 1. The zero-order valence-corrected chi connectivity index (χ0v) is 22.7. The van der Waals surface area contributed by atoms with E-state index < -0.39 is 5.82 Å². The fourth-order valence-electron chi connectivity index (χ4n) is 5.02. The quantitative estimate of drug-likeness (QED) is 0.378. The van der Waals surface area contributed by atoms with Crippen molar-refractivity contribution >= 4 is 17.3 Å². The third kappa shape index (κ3) is 4.81. The van der Waals surface area contributed by atoms with E-state index in [-0.39, 0.29) is 11.4 Å². The number of halogens is 2. The molecule has 0 aliphatic carbocycles. The van der Waals surface area contributed by atoms with Crippen LogP contribution in [-0.4, -0.2) is 56.3 Å². The first-order chi connectivity index (χ1) is 18.1. The number of phenols is 1. The molecule has 7 nitrogen and oxygen atoms in total. The van der Waals surface area contributed by atoms with Gasteiger partial charge in [-0.25, -0.2) is 9.18 Å². The molecule has 5 rings (SSSR count). The molecule has 0 spiro atoms. The lowest BCUT2D eigenvalue weighted by atomic mass is 9.97. The monoisotopic (exact) mass is 535 g/mol. The Morgan fingerprint density at radius 1 is 0.974 bits per heavy atom. The van der Waals surface area contributed by atoms with Crippen LogP contribution in [-0.2, 0) is 7.05 Å². The molecule has 2 aromatic heterocycles. The van der Waals surface area contributed by atoms with E-state index in [9.17, 15) is 14.3 Å². The fraction of sp³-hybridized carbons (Fsp3) is 0.310. The normalized spacial score (nSPS) is 14.4. The summed E-state index contributed by atoms with van der Waals surface area (Å²) in [6, 6.07) is 10.1. The van der Waals surface area contributed by atoms with Gasteiger partial charge in [0.1, 0.15) is 11.6 Å². The van der Waals surface area contributed by atoms with Gasteiger partial charge in [0.05, 0.1) is 22.1 Å². The van der Waals surface area contributed by atoms with Crippen molar-refractivity contribution in [3.8, 4) is 33.7 Å². The molecule has 198 valence electrons. The molecule has 0 unspecified atom stereocenters. The van der Waals surface area contributed by atoms with Crippen molar-refractivity contribution in [2.24, 2.45) is 7.05 Å². The summed E-state index contributed by atoms with van der Waals surface area (Å²) in [6.45, 7) is 10.0. The number of benzene rings is 2. The predicted molar refractivity (Wildman–Crippen MR) is 150 cm³/mol. The van der Waals surface area contributed by atoms with Crippen molar-refractivity contribution in [2.75, 3.05) is 31.1 Å². The summed E-state index contributed by atoms with van der Waals surface area (Å²) >= 11 is 6.53. The molecule has 0 saturated carbocycles. The average Bonchev–Trinajstić information content (AvgIpc) is 3.23. The standard InChI is InChI=1S/C29H31ClFN5O2/c1-18(2)34-8-10-35(11-9-34)27-14-21(17-32-19(27)3)24-16-22(31)15-23(28(24)37)20-5-6-26(25(30)13-20)36-12-7-33(4)29(36)38/h5-7,12-18,37H,8-11H2,1-4H3. The largest absolute Gasteiger partial charge is 0.507 e. The zero-order chi connectivity index (χ0) is 27.1. The van der Waals surface area contributed by atoms with Crippen LogP contribution in [0.5, 0.6) is 5.75 Å². The molecule has 38 heavy (non-hydrogen) atoms. The smallest absolute Gasteiger partial charge is 0.332 e. The molecule has 1 N–H and O–H groups in total. The van der Waals surface area contributed by atoms with Gasteiger partial charge >= 0.3 is 5.69 Å². The highest BCUT2D eigenvalue weighted by atomic mass is 35.5. The molecule has 1 aliphatic heterocycles. The molecule has 9 heteroatoms. The number of rotatable bonds is 5. The third-order valence-electron chi connectivity index (χ3n) is 7.30. The topological polar surface area (TPSA) is 66.5 Å². The molecule has 3 heterocycles. The van der Waals surface area contributed by atoms with Gasteiger partial charge in [0.2, 0.25) is 0 Å². The number of imidazole rings is 1. The maximum atomic E-state index is 14.9. The summed E-state index contributed by atoms with van der Waals surface area (Å²) in [4.78, 5) is 21.7. The van der Waals surface area contributed by atoms with Crippen molar-refractivity contribution in [1.29, 1.82) is 0 Å². The Labute approximate surface area is 226 Å². The lowest BCUT2D eigenvalue weighted by molar-refractivity contribution is 0.209. The van der Waals surface area contributed by atoms with Gasteiger partial charge in [-0.15, -0.1) is 0 Å². The number of pyridine rings is 1. The minimum absolute atomic E-state index is 0.0617. The minimum Gasteiger partial charge on any atom is -0.507 e. The molecule has 0 atom stereocenters. The van der Waals surface area contributed by atoms with Gasteiger partial charge in [-0.2, -0.15) is 0 Å². The first-order valence-corrected chi connectivity index (χ1v) is 13.0. The molecule has 1 aliphatic rings. The second-order valence-electron chi connectivity index (χ2n) is 10.0. The SMILES string of the molecule is Cc1ncc(-c2cc(F)cc(-c3ccc(-n4ccn(C)c4=O)c(Cl)c3)c2O)cc1N1CCN(C(C)C)CC1. The highest BCUT2D eigenvalue weighted by Gasteiger charge is 2.22. The summed E-state index contributed by atoms with van der Waals surface area (Å²) < 4.78 is 17.8. The van der Waals surface area contributed by atoms with Crippen LogP contribution in [0.3, 0.4) is 0 Å².